The summed E-state index contributed by atoms with van der Waals surface area (Å²) in [5.41, 5.74) is 5.26. The van der Waals surface area contributed by atoms with Gasteiger partial charge in [0.1, 0.15) is 17.1 Å². The van der Waals surface area contributed by atoms with Crippen LogP contribution >= 0.6 is 27.7 Å². The summed E-state index contributed by atoms with van der Waals surface area (Å²) in [6.07, 6.45) is -4.20. The average Bonchev–Trinajstić information content (AvgIpc) is 2.58. The van der Waals surface area contributed by atoms with Gasteiger partial charge in [-0.15, -0.1) is 0 Å². The van der Waals surface area contributed by atoms with Crippen LogP contribution in [-0.2, 0) is 11.2 Å². The average molecular weight is 360 g/mol. The Morgan fingerprint density at radius 1 is 1.53 bits per heavy atom. The van der Waals surface area contributed by atoms with Gasteiger partial charge in [0.25, 0.3) is 0 Å². The summed E-state index contributed by atoms with van der Waals surface area (Å²) in [5, 5.41) is 18.6. The first-order valence-electron chi connectivity index (χ1n) is 4.90. The molecule has 1 aliphatic heterocycles. The lowest BCUT2D eigenvalue weighted by atomic mass is 10.1. The summed E-state index contributed by atoms with van der Waals surface area (Å²) in [4.78, 5) is 9.95. The molecule has 19 heavy (non-hydrogen) atoms. The van der Waals surface area contributed by atoms with Crippen molar-refractivity contribution in [1.82, 2.24) is 0 Å². The molecule has 0 aliphatic carbocycles. The minimum absolute atomic E-state index is 0.315. The number of halogens is 4. The van der Waals surface area contributed by atoms with Crippen molar-refractivity contribution in [2.75, 3.05) is 0 Å². The molecule has 0 saturated carbocycles. The molecule has 106 valence electrons. The Hall–Kier alpha value is -0.930. The zero-order chi connectivity index (χ0) is 14.8. The molecule has 0 bridgehead atoms. The topological polar surface area (TPSA) is 88.0 Å². The van der Waals surface area contributed by atoms with Crippen LogP contribution in [0.3, 0.4) is 0 Å². The summed E-state index contributed by atoms with van der Waals surface area (Å²) in [6.45, 7) is 0. The third kappa shape index (κ3) is 4.59. The van der Waals surface area contributed by atoms with Crippen molar-refractivity contribution in [3.8, 4) is 5.75 Å². The third-order valence-electron chi connectivity index (χ3n) is 2.10. The number of thioether (sulfide) groups is 1. The van der Waals surface area contributed by atoms with Gasteiger partial charge in [0.05, 0.1) is 4.47 Å². The number of benzene rings is 1. The van der Waals surface area contributed by atoms with Crippen molar-refractivity contribution in [3.05, 3.63) is 22.2 Å². The first-order valence-corrected chi connectivity index (χ1v) is 6.58. The van der Waals surface area contributed by atoms with E-state index in [0.717, 1.165) is 15.8 Å². The number of phenolic OH excluding ortho intramolecular Hbond substituents is 1. The van der Waals surface area contributed by atoms with Gasteiger partial charge in [-0.2, -0.15) is 13.2 Å². The van der Waals surface area contributed by atoms with Crippen LogP contribution in [0.15, 0.2) is 21.5 Å². The SMILES string of the molecule is O=C([O-])C(F)(F)F.[NH3+]C1Cc2cc(Br)c(O)cc2S1. The Bertz CT molecular complexity index is 465. The minimum Gasteiger partial charge on any atom is -0.542 e. The smallest absolute Gasteiger partial charge is 0.430 e. The van der Waals surface area contributed by atoms with E-state index in [-0.39, 0.29) is 0 Å². The molecule has 1 atom stereocenters. The van der Waals surface area contributed by atoms with Crippen LogP contribution in [0.2, 0.25) is 0 Å². The van der Waals surface area contributed by atoms with Gasteiger partial charge in [0, 0.05) is 11.3 Å². The predicted molar refractivity (Wildman–Crippen MR) is 63.1 cm³/mol. The van der Waals surface area contributed by atoms with Crippen LogP contribution in [0, 0.1) is 0 Å². The van der Waals surface area contributed by atoms with Gasteiger partial charge >= 0.3 is 6.18 Å². The second-order valence-electron chi connectivity index (χ2n) is 3.64. The molecule has 0 saturated heterocycles. The second kappa shape index (κ2) is 6.02. The minimum atomic E-state index is -5.19. The standard InChI is InChI=1S/C8H8BrNOS.C2HF3O2/c9-5-1-4-2-8(10)12-7(4)3-6(5)11;3-2(4,5)1(6)7/h1,3,8,11H,2,10H2;(H,6,7). The van der Waals surface area contributed by atoms with Crippen LogP contribution < -0.4 is 10.8 Å². The zero-order valence-corrected chi connectivity index (χ0v) is 11.7. The summed E-state index contributed by atoms with van der Waals surface area (Å²) < 4.78 is 32.3. The molecule has 1 aromatic carbocycles. The van der Waals surface area contributed by atoms with E-state index in [1.165, 1.54) is 5.56 Å². The molecule has 0 fully saturated rings. The van der Waals surface area contributed by atoms with Crippen LogP contribution in [0.5, 0.6) is 5.75 Å². The lowest BCUT2D eigenvalue weighted by Crippen LogP contribution is -2.58. The Morgan fingerprint density at radius 2 is 2.05 bits per heavy atom. The van der Waals surface area contributed by atoms with E-state index >= 15 is 0 Å². The maximum Gasteiger partial charge on any atom is 0.430 e. The quantitative estimate of drug-likeness (QED) is 0.712. The number of hydrogen-bond donors (Lipinski definition) is 2. The maximum absolute atomic E-state index is 10.5. The molecule has 4 nitrogen and oxygen atoms in total. The van der Waals surface area contributed by atoms with Crippen LogP contribution in [-0.4, -0.2) is 22.6 Å². The van der Waals surface area contributed by atoms with E-state index in [0.29, 0.717) is 11.1 Å². The van der Waals surface area contributed by atoms with Crippen molar-refractivity contribution >= 4 is 33.7 Å². The van der Waals surface area contributed by atoms with Gasteiger partial charge in [0.2, 0.25) is 0 Å². The third-order valence-corrected chi connectivity index (χ3v) is 3.87. The van der Waals surface area contributed by atoms with Gasteiger partial charge < -0.3 is 20.7 Å². The number of carbonyl (C=O) groups is 1. The number of carbonyl (C=O) groups excluding carboxylic acids is 1. The molecule has 1 aliphatic rings. The summed E-state index contributed by atoms with van der Waals surface area (Å²) in [7, 11) is 0. The molecular weight excluding hydrogens is 351 g/mol. The Morgan fingerprint density at radius 3 is 2.53 bits per heavy atom. The van der Waals surface area contributed by atoms with E-state index in [9.17, 15) is 18.3 Å². The number of carboxylic acid groups (broad SMARTS) is 1. The van der Waals surface area contributed by atoms with Crippen LogP contribution in [0.25, 0.3) is 0 Å². The molecule has 0 spiro atoms. The molecule has 2 rings (SSSR count). The Kier molecular flexibility index (Phi) is 5.11. The molecule has 9 heteroatoms. The number of aliphatic carboxylic acids is 1. The fraction of sp³-hybridized carbons (Fsp3) is 0.300. The van der Waals surface area contributed by atoms with Crippen LogP contribution in [0.4, 0.5) is 13.2 Å². The molecule has 4 N–H and O–H groups in total. The monoisotopic (exact) mass is 359 g/mol. The Balaban J connectivity index is 0.000000224. The van der Waals surface area contributed by atoms with E-state index in [4.69, 9.17) is 9.90 Å². The number of quaternary nitrogens is 1. The number of aromatic hydroxyl groups is 1. The Labute approximate surface area is 118 Å². The number of hydrogen-bond acceptors (Lipinski definition) is 4. The van der Waals surface area contributed by atoms with E-state index < -0.39 is 12.1 Å². The number of phenols is 1. The van der Waals surface area contributed by atoms with Crippen molar-refractivity contribution in [3.63, 3.8) is 0 Å². The largest absolute Gasteiger partial charge is 0.542 e. The van der Waals surface area contributed by atoms with E-state index in [2.05, 4.69) is 21.7 Å². The molecule has 1 heterocycles. The van der Waals surface area contributed by atoms with Gasteiger partial charge in [-0.05, 0) is 33.6 Å². The summed E-state index contributed by atoms with van der Waals surface area (Å²) in [6, 6.07) is 3.78. The molecule has 0 radical (unpaired) electrons. The first-order chi connectivity index (χ1) is 8.61. The van der Waals surface area contributed by atoms with Crippen LogP contribution in [0.1, 0.15) is 5.56 Å². The lowest BCUT2D eigenvalue weighted by Gasteiger charge is -2.03. The fourth-order valence-electron chi connectivity index (χ4n) is 1.32. The van der Waals surface area contributed by atoms with Gasteiger partial charge in [-0.3, -0.25) is 0 Å². The predicted octanol–water partition coefficient (Wildman–Crippen LogP) is 0.669. The normalized spacial score (nSPS) is 17.4. The van der Waals surface area contributed by atoms with Crippen molar-refractivity contribution in [1.29, 1.82) is 0 Å². The summed E-state index contributed by atoms with van der Waals surface area (Å²) >= 11 is 5.01. The molecule has 0 aromatic heterocycles. The lowest BCUT2D eigenvalue weighted by molar-refractivity contribution is -0.384. The molecule has 1 aromatic rings. The zero-order valence-electron chi connectivity index (χ0n) is 9.33. The molecular formula is C10H9BrF3NO3S. The first kappa shape index (κ1) is 16.1. The van der Waals surface area contributed by atoms with Gasteiger partial charge in [-0.1, -0.05) is 11.8 Å². The second-order valence-corrected chi connectivity index (χ2v) is 5.84. The highest BCUT2D eigenvalue weighted by molar-refractivity contribution is 9.10. The number of alkyl halides is 3. The van der Waals surface area contributed by atoms with Crippen molar-refractivity contribution in [2.24, 2.45) is 0 Å². The number of rotatable bonds is 0. The maximum atomic E-state index is 10.5. The molecule has 0 amide bonds. The summed E-state index contributed by atoms with van der Waals surface area (Å²) in [5.74, 6) is -2.69. The number of fused-ring (bicyclic) bond motifs is 1. The highest BCUT2D eigenvalue weighted by Crippen LogP contribution is 2.39. The van der Waals surface area contributed by atoms with Gasteiger partial charge in [-0.25, -0.2) is 0 Å². The van der Waals surface area contributed by atoms with Gasteiger partial charge in [0.15, 0.2) is 0 Å². The van der Waals surface area contributed by atoms with E-state index in [1.807, 2.05) is 6.07 Å². The fourth-order valence-corrected chi connectivity index (χ4v) is 2.81. The van der Waals surface area contributed by atoms with Crippen molar-refractivity contribution in [2.45, 2.75) is 22.9 Å². The highest BCUT2D eigenvalue weighted by atomic mass is 79.9. The molecule has 1 unspecified atom stereocenters. The van der Waals surface area contributed by atoms with Crippen molar-refractivity contribution < 1.29 is 33.9 Å². The van der Waals surface area contributed by atoms with E-state index in [1.54, 1.807) is 17.8 Å². The highest BCUT2D eigenvalue weighted by Gasteiger charge is 2.28. The number of carboxylic acids is 1.